The number of aromatic nitrogens is 3. The molecule has 2 aromatic carbocycles. The van der Waals surface area contributed by atoms with Gasteiger partial charge in [0.2, 0.25) is 0 Å². The van der Waals surface area contributed by atoms with Crippen LogP contribution in [0.2, 0.25) is 0 Å². The van der Waals surface area contributed by atoms with Crippen LogP contribution < -0.4 is 24.8 Å². The van der Waals surface area contributed by atoms with E-state index in [1.54, 1.807) is 13.3 Å². The van der Waals surface area contributed by atoms with E-state index in [1.807, 2.05) is 54.0 Å². The van der Waals surface area contributed by atoms with E-state index in [9.17, 15) is 0 Å². The van der Waals surface area contributed by atoms with Crippen LogP contribution in [0.3, 0.4) is 0 Å². The number of fused-ring (bicyclic) bond motifs is 2. The summed E-state index contributed by atoms with van der Waals surface area (Å²) in [6.07, 6.45) is 5.63. The van der Waals surface area contributed by atoms with Crippen molar-refractivity contribution in [1.29, 1.82) is 0 Å². The monoisotopic (exact) mass is 417 g/mol. The standard InChI is InChI=1S/C23H23N5O3/c1-3-30-20-7-5-16(13-21(20)29-2)26-22-23-25-8-10-28(23)14-18(27-22)15-4-6-19-17(12-15)24-9-11-31-19/h4-8,10,12-14,24H,3,9,11H2,1-2H3,(H,26,27). The van der Waals surface area contributed by atoms with Gasteiger partial charge in [0.1, 0.15) is 12.4 Å². The first-order chi connectivity index (χ1) is 15.2. The van der Waals surface area contributed by atoms with E-state index in [2.05, 4.69) is 21.7 Å². The predicted octanol–water partition coefficient (Wildman–Crippen LogP) is 4.35. The molecule has 0 saturated heterocycles. The van der Waals surface area contributed by atoms with Crippen LogP contribution in [-0.2, 0) is 0 Å². The third-order valence-corrected chi connectivity index (χ3v) is 5.05. The average Bonchev–Trinajstić information content (AvgIpc) is 3.29. The van der Waals surface area contributed by atoms with Crippen LogP contribution in [0.5, 0.6) is 17.2 Å². The highest BCUT2D eigenvalue weighted by Gasteiger charge is 2.14. The Balaban J connectivity index is 1.53. The third kappa shape index (κ3) is 3.68. The molecule has 0 saturated carbocycles. The molecule has 3 heterocycles. The van der Waals surface area contributed by atoms with Crippen molar-refractivity contribution in [2.24, 2.45) is 0 Å². The Labute approximate surface area is 179 Å². The number of hydrogen-bond acceptors (Lipinski definition) is 7. The average molecular weight is 417 g/mol. The van der Waals surface area contributed by atoms with Gasteiger partial charge in [-0.15, -0.1) is 0 Å². The maximum absolute atomic E-state index is 5.69. The molecule has 0 aliphatic carbocycles. The van der Waals surface area contributed by atoms with Gasteiger partial charge in [-0.1, -0.05) is 0 Å². The van der Waals surface area contributed by atoms with Crippen LogP contribution in [0.25, 0.3) is 16.9 Å². The van der Waals surface area contributed by atoms with Gasteiger partial charge in [0, 0.05) is 42.5 Å². The second kappa shape index (κ2) is 8.06. The molecule has 1 aliphatic rings. The van der Waals surface area contributed by atoms with Crippen molar-refractivity contribution in [1.82, 2.24) is 14.4 Å². The van der Waals surface area contributed by atoms with E-state index in [-0.39, 0.29) is 0 Å². The molecule has 2 aromatic heterocycles. The Morgan fingerprint density at radius 3 is 3.00 bits per heavy atom. The maximum Gasteiger partial charge on any atom is 0.180 e. The number of anilines is 3. The fourth-order valence-corrected chi connectivity index (χ4v) is 3.61. The van der Waals surface area contributed by atoms with Crippen LogP contribution in [0.4, 0.5) is 17.2 Å². The van der Waals surface area contributed by atoms with Gasteiger partial charge in [-0.2, -0.15) is 0 Å². The normalized spacial score (nSPS) is 12.6. The van der Waals surface area contributed by atoms with E-state index in [0.717, 1.165) is 40.6 Å². The highest BCUT2D eigenvalue weighted by Crippen LogP contribution is 2.34. The van der Waals surface area contributed by atoms with E-state index < -0.39 is 0 Å². The Morgan fingerprint density at radius 2 is 2.13 bits per heavy atom. The molecule has 8 heteroatoms. The summed E-state index contributed by atoms with van der Waals surface area (Å²) in [6, 6.07) is 11.7. The minimum atomic E-state index is 0.572. The van der Waals surface area contributed by atoms with Gasteiger partial charge in [-0.3, -0.25) is 0 Å². The fourth-order valence-electron chi connectivity index (χ4n) is 3.61. The molecule has 0 radical (unpaired) electrons. The summed E-state index contributed by atoms with van der Waals surface area (Å²) in [5, 5.41) is 6.75. The molecule has 1 aliphatic heterocycles. The van der Waals surface area contributed by atoms with Crippen LogP contribution in [0.1, 0.15) is 6.92 Å². The Morgan fingerprint density at radius 1 is 1.19 bits per heavy atom. The van der Waals surface area contributed by atoms with Crippen molar-refractivity contribution in [2.45, 2.75) is 6.92 Å². The van der Waals surface area contributed by atoms with Crippen LogP contribution in [-0.4, -0.2) is 41.2 Å². The van der Waals surface area contributed by atoms with Gasteiger partial charge in [-0.05, 0) is 37.3 Å². The SMILES string of the molecule is CCOc1ccc(Nc2nc(-c3ccc4c(c3)NCCO4)cn3ccnc23)cc1OC. The van der Waals surface area contributed by atoms with Crippen LogP contribution in [0, 0.1) is 0 Å². The second-order valence-corrected chi connectivity index (χ2v) is 7.04. The number of hydrogen-bond donors (Lipinski definition) is 2. The molecule has 5 rings (SSSR count). The van der Waals surface area contributed by atoms with Gasteiger partial charge >= 0.3 is 0 Å². The molecule has 0 amide bonds. The van der Waals surface area contributed by atoms with Gasteiger partial charge in [0.15, 0.2) is 23.0 Å². The summed E-state index contributed by atoms with van der Waals surface area (Å²) in [7, 11) is 1.63. The first-order valence-electron chi connectivity index (χ1n) is 10.2. The predicted molar refractivity (Wildman–Crippen MR) is 120 cm³/mol. The van der Waals surface area contributed by atoms with Crippen LogP contribution >= 0.6 is 0 Å². The maximum atomic E-state index is 5.69. The van der Waals surface area contributed by atoms with Gasteiger partial charge < -0.3 is 29.2 Å². The van der Waals surface area contributed by atoms with Crippen molar-refractivity contribution in [3.05, 3.63) is 55.0 Å². The molecular formula is C23H23N5O3. The number of ether oxygens (including phenoxy) is 3. The molecule has 8 nitrogen and oxygen atoms in total. The zero-order chi connectivity index (χ0) is 21.2. The third-order valence-electron chi connectivity index (χ3n) is 5.05. The first kappa shape index (κ1) is 19.0. The second-order valence-electron chi connectivity index (χ2n) is 7.04. The number of benzene rings is 2. The zero-order valence-corrected chi connectivity index (χ0v) is 17.4. The smallest absolute Gasteiger partial charge is 0.180 e. The highest BCUT2D eigenvalue weighted by atomic mass is 16.5. The van der Waals surface area contributed by atoms with Gasteiger partial charge in [-0.25, -0.2) is 9.97 Å². The molecular weight excluding hydrogens is 394 g/mol. The number of methoxy groups -OCH3 is 1. The Hall–Kier alpha value is -3.94. The van der Waals surface area contributed by atoms with E-state index >= 15 is 0 Å². The number of nitrogens with one attached hydrogen (secondary N) is 2. The lowest BCUT2D eigenvalue weighted by atomic mass is 10.1. The molecule has 0 fully saturated rings. The molecule has 0 atom stereocenters. The van der Waals surface area contributed by atoms with Gasteiger partial charge in [0.25, 0.3) is 0 Å². The summed E-state index contributed by atoms with van der Waals surface area (Å²) in [5.41, 5.74) is 4.34. The van der Waals surface area contributed by atoms with Crippen molar-refractivity contribution in [3.8, 4) is 28.5 Å². The van der Waals surface area contributed by atoms with Gasteiger partial charge in [0.05, 0.1) is 25.1 Å². The van der Waals surface area contributed by atoms with Crippen molar-refractivity contribution < 1.29 is 14.2 Å². The lowest BCUT2D eigenvalue weighted by Crippen LogP contribution is -2.17. The summed E-state index contributed by atoms with van der Waals surface area (Å²) in [4.78, 5) is 9.33. The largest absolute Gasteiger partial charge is 0.493 e. The minimum Gasteiger partial charge on any atom is -0.493 e. The highest BCUT2D eigenvalue weighted by molar-refractivity contribution is 5.76. The van der Waals surface area contributed by atoms with Crippen molar-refractivity contribution in [3.63, 3.8) is 0 Å². The molecule has 2 N–H and O–H groups in total. The van der Waals surface area contributed by atoms with E-state index in [0.29, 0.717) is 30.5 Å². The van der Waals surface area contributed by atoms with Crippen LogP contribution in [0.15, 0.2) is 55.0 Å². The summed E-state index contributed by atoms with van der Waals surface area (Å²) in [6.45, 7) is 3.97. The number of rotatable bonds is 6. The topological polar surface area (TPSA) is 81.9 Å². The summed E-state index contributed by atoms with van der Waals surface area (Å²) in [5.74, 6) is 2.87. The molecule has 0 bridgehead atoms. The van der Waals surface area contributed by atoms with E-state index in [4.69, 9.17) is 19.2 Å². The van der Waals surface area contributed by atoms with Crippen molar-refractivity contribution in [2.75, 3.05) is 37.5 Å². The first-order valence-corrected chi connectivity index (χ1v) is 10.2. The Bertz CT molecular complexity index is 1240. The molecule has 4 aromatic rings. The molecule has 31 heavy (non-hydrogen) atoms. The summed E-state index contributed by atoms with van der Waals surface area (Å²) < 4.78 is 18.7. The summed E-state index contributed by atoms with van der Waals surface area (Å²) >= 11 is 0. The lowest BCUT2D eigenvalue weighted by Gasteiger charge is -2.19. The molecule has 0 unspecified atom stereocenters. The zero-order valence-electron chi connectivity index (χ0n) is 17.4. The molecule has 0 spiro atoms. The van der Waals surface area contributed by atoms with Crippen molar-refractivity contribution >= 4 is 22.8 Å². The molecule has 158 valence electrons. The fraction of sp³-hybridized carbons (Fsp3) is 0.217. The van der Waals surface area contributed by atoms with E-state index in [1.165, 1.54) is 0 Å². The lowest BCUT2D eigenvalue weighted by molar-refractivity contribution is 0.311. The quantitative estimate of drug-likeness (QED) is 0.483. The Kier molecular flexibility index (Phi) is 4.95. The number of nitrogens with zero attached hydrogens (tertiary/aromatic N) is 3. The number of imidazole rings is 1. The minimum absolute atomic E-state index is 0.572.